The van der Waals surface area contributed by atoms with Gasteiger partial charge in [0.15, 0.2) is 23.7 Å². The topological polar surface area (TPSA) is 197 Å². The Morgan fingerprint density at radius 2 is 1.15 bits per heavy atom. The van der Waals surface area contributed by atoms with Crippen molar-refractivity contribution in [2.75, 3.05) is 0 Å². The van der Waals surface area contributed by atoms with Crippen LogP contribution in [-0.4, -0.2) is 57.9 Å². The SMILES string of the molecule is N[C@@H]1CCCC[C@@]1(N)OC(=O)C(O)C(O)C(=O)O[C@]1(N)CCCC[C@H]1N. The van der Waals surface area contributed by atoms with Gasteiger partial charge in [0.25, 0.3) is 0 Å². The van der Waals surface area contributed by atoms with Crippen LogP contribution in [0.2, 0.25) is 0 Å². The lowest BCUT2D eigenvalue weighted by Gasteiger charge is -2.39. The van der Waals surface area contributed by atoms with Crippen molar-refractivity contribution < 1.29 is 29.3 Å². The molecule has 2 rings (SSSR count). The van der Waals surface area contributed by atoms with E-state index in [1.54, 1.807) is 0 Å². The van der Waals surface area contributed by atoms with Crippen LogP contribution < -0.4 is 22.9 Å². The number of carbonyl (C=O) groups excluding carboxylic acids is 2. The molecule has 10 N–H and O–H groups in total. The molecule has 6 atom stereocenters. The highest BCUT2D eigenvalue weighted by Gasteiger charge is 2.45. The summed E-state index contributed by atoms with van der Waals surface area (Å²) in [6.45, 7) is 0. The van der Waals surface area contributed by atoms with E-state index in [1.165, 1.54) is 0 Å². The Hall–Kier alpha value is -1.30. The van der Waals surface area contributed by atoms with Crippen LogP contribution in [0.4, 0.5) is 0 Å². The van der Waals surface area contributed by atoms with E-state index >= 15 is 0 Å². The van der Waals surface area contributed by atoms with Crippen molar-refractivity contribution in [3.8, 4) is 0 Å². The second-order valence-corrected chi connectivity index (χ2v) is 7.35. The Balaban J connectivity index is 1.95. The Morgan fingerprint density at radius 3 is 1.46 bits per heavy atom. The fourth-order valence-electron chi connectivity index (χ4n) is 3.40. The predicted octanol–water partition coefficient (Wildman–Crippen LogP) is -2.09. The molecular formula is C16H30N4O6. The van der Waals surface area contributed by atoms with Gasteiger partial charge >= 0.3 is 11.9 Å². The Morgan fingerprint density at radius 1 is 0.808 bits per heavy atom. The number of hydrogen-bond acceptors (Lipinski definition) is 10. The average molecular weight is 374 g/mol. The second kappa shape index (κ2) is 8.15. The summed E-state index contributed by atoms with van der Waals surface area (Å²) >= 11 is 0. The van der Waals surface area contributed by atoms with Crippen LogP contribution in [0.25, 0.3) is 0 Å². The highest BCUT2D eigenvalue weighted by atomic mass is 16.6. The third-order valence-electron chi connectivity index (χ3n) is 5.28. The maximum Gasteiger partial charge on any atom is 0.340 e. The zero-order valence-electron chi connectivity index (χ0n) is 14.8. The summed E-state index contributed by atoms with van der Waals surface area (Å²) in [7, 11) is 0. The zero-order valence-corrected chi connectivity index (χ0v) is 14.8. The Bertz CT molecular complexity index is 489. The lowest BCUT2D eigenvalue weighted by atomic mass is 9.87. The van der Waals surface area contributed by atoms with Crippen LogP contribution in [0.15, 0.2) is 0 Å². The molecule has 0 aromatic heterocycles. The number of carbonyl (C=O) groups is 2. The highest BCUT2D eigenvalue weighted by Crippen LogP contribution is 2.28. The van der Waals surface area contributed by atoms with E-state index in [1.807, 2.05) is 0 Å². The van der Waals surface area contributed by atoms with Crippen molar-refractivity contribution in [2.24, 2.45) is 22.9 Å². The molecule has 150 valence electrons. The lowest BCUT2D eigenvalue weighted by Crippen LogP contribution is -2.62. The summed E-state index contributed by atoms with van der Waals surface area (Å²) in [6, 6.07) is -1.19. The normalized spacial score (nSPS) is 37.5. The van der Waals surface area contributed by atoms with Gasteiger partial charge in [0.2, 0.25) is 0 Å². The fraction of sp³-hybridized carbons (Fsp3) is 0.875. The maximum atomic E-state index is 12.1. The van der Waals surface area contributed by atoms with Gasteiger partial charge < -0.3 is 31.2 Å². The quantitative estimate of drug-likeness (QED) is 0.229. The van der Waals surface area contributed by atoms with Crippen LogP contribution in [-0.2, 0) is 19.1 Å². The molecule has 10 nitrogen and oxygen atoms in total. The van der Waals surface area contributed by atoms with Crippen molar-refractivity contribution in [1.29, 1.82) is 0 Å². The van der Waals surface area contributed by atoms with Gasteiger partial charge in [-0.2, -0.15) is 0 Å². The Labute approximate surface area is 152 Å². The molecule has 0 amide bonds. The number of aliphatic hydroxyl groups excluding tert-OH is 2. The molecule has 0 aromatic rings. The van der Waals surface area contributed by atoms with E-state index in [9.17, 15) is 19.8 Å². The van der Waals surface area contributed by atoms with Crippen molar-refractivity contribution >= 4 is 11.9 Å². The van der Waals surface area contributed by atoms with Gasteiger partial charge in [-0.3, -0.25) is 11.5 Å². The van der Waals surface area contributed by atoms with Crippen molar-refractivity contribution in [1.82, 2.24) is 0 Å². The summed E-state index contributed by atoms with van der Waals surface area (Å²) in [5.74, 6) is -2.48. The first kappa shape index (κ1) is 21.0. The van der Waals surface area contributed by atoms with Gasteiger partial charge in [-0.15, -0.1) is 0 Å². The molecular weight excluding hydrogens is 344 g/mol. The zero-order chi connectivity index (χ0) is 19.5. The molecule has 26 heavy (non-hydrogen) atoms. The van der Waals surface area contributed by atoms with Crippen LogP contribution in [0, 0.1) is 0 Å². The van der Waals surface area contributed by atoms with Gasteiger partial charge in [-0.25, -0.2) is 9.59 Å². The molecule has 10 heteroatoms. The minimum atomic E-state index is -2.17. The van der Waals surface area contributed by atoms with E-state index < -0.39 is 47.7 Å². The first-order valence-corrected chi connectivity index (χ1v) is 9.00. The average Bonchev–Trinajstić information content (AvgIpc) is 2.59. The summed E-state index contributed by atoms with van der Waals surface area (Å²) in [6.07, 6.45) is 0.596. The minimum absolute atomic E-state index is 0.327. The third kappa shape index (κ3) is 4.51. The van der Waals surface area contributed by atoms with Crippen molar-refractivity contribution in [3.05, 3.63) is 0 Å². The molecule has 0 bridgehead atoms. The van der Waals surface area contributed by atoms with E-state index in [4.69, 9.17) is 32.4 Å². The molecule has 0 spiro atoms. The van der Waals surface area contributed by atoms with Crippen LogP contribution >= 0.6 is 0 Å². The molecule has 0 heterocycles. The summed E-state index contributed by atoms with van der Waals surface area (Å²) < 4.78 is 10.2. The summed E-state index contributed by atoms with van der Waals surface area (Å²) in [5, 5.41) is 19.9. The van der Waals surface area contributed by atoms with Crippen molar-refractivity contribution in [2.45, 2.75) is 87.1 Å². The van der Waals surface area contributed by atoms with E-state index in [0.29, 0.717) is 38.5 Å². The van der Waals surface area contributed by atoms with Gasteiger partial charge in [-0.05, 0) is 25.7 Å². The molecule has 0 aliphatic heterocycles. The number of ether oxygens (including phenoxy) is 2. The molecule has 2 unspecified atom stereocenters. The van der Waals surface area contributed by atoms with Gasteiger partial charge in [0.05, 0.1) is 12.1 Å². The van der Waals surface area contributed by atoms with Crippen molar-refractivity contribution in [3.63, 3.8) is 0 Å². The minimum Gasteiger partial charge on any atom is -0.440 e. The monoisotopic (exact) mass is 374 g/mol. The van der Waals surface area contributed by atoms with E-state index in [2.05, 4.69) is 0 Å². The lowest BCUT2D eigenvalue weighted by molar-refractivity contribution is -0.194. The first-order valence-electron chi connectivity index (χ1n) is 9.00. The molecule has 2 aliphatic carbocycles. The standard InChI is InChI=1S/C16H30N4O6/c17-9-5-1-3-7-15(9,19)25-13(23)11(21)12(22)14(24)26-16(20)8-4-2-6-10(16)18/h9-12,21-22H,1-8,17-20H2/t9-,10-,11?,12?,15-,16-/m1/s1. The van der Waals surface area contributed by atoms with Gasteiger partial charge in [0.1, 0.15) is 0 Å². The molecule has 0 radical (unpaired) electrons. The summed E-state index contributed by atoms with van der Waals surface area (Å²) in [4.78, 5) is 24.2. The van der Waals surface area contributed by atoms with Gasteiger partial charge in [-0.1, -0.05) is 12.8 Å². The van der Waals surface area contributed by atoms with Crippen LogP contribution in [0.5, 0.6) is 0 Å². The molecule has 0 aromatic carbocycles. The maximum absolute atomic E-state index is 12.1. The predicted molar refractivity (Wildman–Crippen MR) is 90.9 cm³/mol. The Kier molecular flexibility index (Phi) is 6.59. The fourth-order valence-corrected chi connectivity index (χ4v) is 3.40. The molecule has 2 fully saturated rings. The van der Waals surface area contributed by atoms with E-state index in [0.717, 1.165) is 12.8 Å². The number of hydrogen-bond donors (Lipinski definition) is 6. The third-order valence-corrected chi connectivity index (χ3v) is 5.28. The molecule has 2 aliphatic rings. The number of esters is 2. The second-order valence-electron chi connectivity index (χ2n) is 7.35. The first-order chi connectivity index (χ1) is 12.1. The van der Waals surface area contributed by atoms with Crippen LogP contribution in [0.3, 0.4) is 0 Å². The number of nitrogens with two attached hydrogens (primary N) is 4. The van der Waals surface area contributed by atoms with E-state index in [-0.39, 0.29) is 0 Å². The smallest absolute Gasteiger partial charge is 0.340 e. The molecule has 2 saturated carbocycles. The highest BCUT2D eigenvalue weighted by molar-refractivity contribution is 5.85. The van der Waals surface area contributed by atoms with Crippen LogP contribution in [0.1, 0.15) is 51.4 Å². The largest absolute Gasteiger partial charge is 0.440 e. The van der Waals surface area contributed by atoms with Gasteiger partial charge in [0, 0.05) is 12.8 Å². The molecule has 0 saturated heterocycles. The number of aliphatic hydroxyl groups is 2. The summed E-state index contributed by atoms with van der Waals surface area (Å²) in [5.41, 5.74) is 20.9. The number of rotatable bonds is 5.